The molecule has 104 valence electrons. The van der Waals surface area contributed by atoms with Crippen LogP contribution in [-0.4, -0.2) is 37.0 Å². The largest absolute Gasteiger partial charge is 0.353 e. The molecule has 1 N–H and O–H groups in total. The van der Waals surface area contributed by atoms with Gasteiger partial charge in [0.05, 0.1) is 6.42 Å². The fourth-order valence-electron chi connectivity index (χ4n) is 2.53. The lowest BCUT2D eigenvalue weighted by Gasteiger charge is -2.29. The number of hydrogen-bond acceptors (Lipinski definition) is 2. The Balaban J connectivity index is 1.85. The van der Waals surface area contributed by atoms with Gasteiger partial charge in [0.15, 0.2) is 0 Å². The van der Waals surface area contributed by atoms with Gasteiger partial charge in [0.25, 0.3) is 0 Å². The van der Waals surface area contributed by atoms with Crippen LogP contribution in [0.15, 0.2) is 18.2 Å². The number of hydrogen-bond donors (Lipinski definition) is 1. The summed E-state index contributed by atoms with van der Waals surface area (Å²) in [4.78, 5) is 14.3. The molecule has 0 saturated carbocycles. The Labute approximate surface area is 116 Å². The molecule has 0 unspecified atom stereocenters. The number of aryl methyl sites for hydroxylation is 2. The van der Waals surface area contributed by atoms with Crippen molar-refractivity contribution < 1.29 is 4.79 Å². The van der Waals surface area contributed by atoms with Gasteiger partial charge in [-0.05, 0) is 63.5 Å². The molecule has 0 atom stereocenters. The number of rotatable bonds is 3. The van der Waals surface area contributed by atoms with Gasteiger partial charge in [-0.2, -0.15) is 0 Å². The average Bonchev–Trinajstić information content (AvgIpc) is 2.37. The Kier molecular flexibility index (Phi) is 4.59. The van der Waals surface area contributed by atoms with E-state index < -0.39 is 0 Å². The second-order valence-electron chi connectivity index (χ2n) is 5.74. The summed E-state index contributed by atoms with van der Waals surface area (Å²) in [6.45, 7) is 6.34. The van der Waals surface area contributed by atoms with E-state index in [-0.39, 0.29) is 5.91 Å². The Morgan fingerprint density at radius 3 is 2.58 bits per heavy atom. The zero-order valence-electron chi connectivity index (χ0n) is 12.2. The highest BCUT2D eigenvalue weighted by Gasteiger charge is 2.18. The number of carbonyl (C=O) groups is 1. The van der Waals surface area contributed by atoms with Gasteiger partial charge in [-0.1, -0.05) is 18.2 Å². The molecule has 0 aliphatic carbocycles. The molecule has 19 heavy (non-hydrogen) atoms. The molecule has 1 aromatic rings. The standard InChI is InChI=1S/C16H24N2O/c1-12-4-5-14(10-13(12)2)11-16(19)17-15-6-8-18(3)9-7-15/h4-5,10,15H,6-9,11H2,1-3H3,(H,17,19). The quantitative estimate of drug-likeness (QED) is 0.902. The van der Waals surface area contributed by atoms with Gasteiger partial charge in [0.2, 0.25) is 5.91 Å². The van der Waals surface area contributed by atoms with Crippen LogP contribution in [0, 0.1) is 13.8 Å². The van der Waals surface area contributed by atoms with Crippen molar-refractivity contribution in [3.63, 3.8) is 0 Å². The van der Waals surface area contributed by atoms with Crippen molar-refractivity contribution in [2.24, 2.45) is 0 Å². The third kappa shape index (κ3) is 4.06. The van der Waals surface area contributed by atoms with Crippen LogP contribution in [0.4, 0.5) is 0 Å². The van der Waals surface area contributed by atoms with Crippen LogP contribution in [0.5, 0.6) is 0 Å². The minimum Gasteiger partial charge on any atom is -0.353 e. The Morgan fingerprint density at radius 2 is 1.95 bits per heavy atom. The molecule has 2 rings (SSSR count). The molecule has 1 heterocycles. The van der Waals surface area contributed by atoms with Gasteiger partial charge in [-0.15, -0.1) is 0 Å². The highest BCUT2D eigenvalue weighted by Crippen LogP contribution is 2.12. The molecule has 3 heteroatoms. The average molecular weight is 260 g/mol. The Bertz CT molecular complexity index is 448. The van der Waals surface area contributed by atoms with Crippen LogP contribution in [0.2, 0.25) is 0 Å². The van der Waals surface area contributed by atoms with E-state index in [1.54, 1.807) is 0 Å². The van der Waals surface area contributed by atoms with E-state index in [1.165, 1.54) is 11.1 Å². The Hall–Kier alpha value is -1.35. The highest BCUT2D eigenvalue weighted by atomic mass is 16.1. The molecular formula is C16H24N2O. The maximum Gasteiger partial charge on any atom is 0.224 e. The van der Waals surface area contributed by atoms with Gasteiger partial charge in [0.1, 0.15) is 0 Å². The minimum atomic E-state index is 0.151. The maximum atomic E-state index is 12.0. The third-order valence-electron chi connectivity index (χ3n) is 4.02. The van der Waals surface area contributed by atoms with Gasteiger partial charge in [-0.3, -0.25) is 4.79 Å². The van der Waals surface area contributed by atoms with Crippen LogP contribution in [0.1, 0.15) is 29.5 Å². The van der Waals surface area contributed by atoms with E-state index >= 15 is 0 Å². The molecular weight excluding hydrogens is 236 g/mol. The van der Waals surface area contributed by atoms with Crippen LogP contribution < -0.4 is 5.32 Å². The van der Waals surface area contributed by atoms with Crippen LogP contribution in [0.3, 0.4) is 0 Å². The fourth-order valence-corrected chi connectivity index (χ4v) is 2.53. The molecule has 1 aliphatic heterocycles. The molecule has 0 bridgehead atoms. The third-order valence-corrected chi connectivity index (χ3v) is 4.02. The van der Waals surface area contributed by atoms with Gasteiger partial charge < -0.3 is 10.2 Å². The molecule has 1 saturated heterocycles. The molecule has 0 aromatic heterocycles. The summed E-state index contributed by atoms with van der Waals surface area (Å²) in [6.07, 6.45) is 2.62. The van der Waals surface area contributed by atoms with Crippen molar-refractivity contribution in [1.29, 1.82) is 0 Å². The van der Waals surface area contributed by atoms with Crippen molar-refractivity contribution in [2.75, 3.05) is 20.1 Å². The van der Waals surface area contributed by atoms with Crippen molar-refractivity contribution in [3.8, 4) is 0 Å². The normalized spacial score (nSPS) is 17.4. The summed E-state index contributed by atoms with van der Waals surface area (Å²) in [5.41, 5.74) is 3.64. The van der Waals surface area contributed by atoms with Crippen molar-refractivity contribution in [1.82, 2.24) is 10.2 Å². The predicted octanol–water partition coefficient (Wildman–Crippen LogP) is 2.06. The second-order valence-corrected chi connectivity index (χ2v) is 5.74. The van der Waals surface area contributed by atoms with E-state index in [9.17, 15) is 4.79 Å². The lowest BCUT2D eigenvalue weighted by Crippen LogP contribution is -2.43. The predicted molar refractivity (Wildman–Crippen MR) is 78.3 cm³/mol. The van der Waals surface area contributed by atoms with Gasteiger partial charge >= 0.3 is 0 Å². The topological polar surface area (TPSA) is 32.3 Å². The zero-order chi connectivity index (χ0) is 13.8. The first kappa shape index (κ1) is 14.1. The summed E-state index contributed by atoms with van der Waals surface area (Å²) in [6, 6.07) is 6.61. The van der Waals surface area contributed by atoms with E-state index in [0.29, 0.717) is 12.5 Å². The molecule has 0 spiro atoms. The molecule has 1 aromatic carbocycles. The molecule has 1 fully saturated rings. The smallest absolute Gasteiger partial charge is 0.224 e. The number of carbonyl (C=O) groups excluding carboxylic acids is 1. The maximum absolute atomic E-state index is 12.0. The summed E-state index contributed by atoms with van der Waals surface area (Å²) in [7, 11) is 2.13. The summed E-state index contributed by atoms with van der Waals surface area (Å²) >= 11 is 0. The summed E-state index contributed by atoms with van der Waals surface area (Å²) in [5.74, 6) is 0.151. The van der Waals surface area contributed by atoms with E-state index in [1.807, 2.05) is 0 Å². The second kappa shape index (κ2) is 6.20. The first-order chi connectivity index (χ1) is 9.04. The van der Waals surface area contributed by atoms with Crippen LogP contribution >= 0.6 is 0 Å². The SMILES string of the molecule is Cc1ccc(CC(=O)NC2CCN(C)CC2)cc1C. The number of benzene rings is 1. The number of nitrogens with one attached hydrogen (secondary N) is 1. The van der Waals surface area contributed by atoms with E-state index in [0.717, 1.165) is 31.5 Å². The van der Waals surface area contributed by atoms with E-state index in [4.69, 9.17) is 0 Å². The molecule has 1 aliphatic rings. The summed E-state index contributed by atoms with van der Waals surface area (Å²) in [5, 5.41) is 3.16. The lowest BCUT2D eigenvalue weighted by atomic mass is 10.0. The first-order valence-corrected chi connectivity index (χ1v) is 7.08. The van der Waals surface area contributed by atoms with Crippen LogP contribution in [0.25, 0.3) is 0 Å². The van der Waals surface area contributed by atoms with E-state index in [2.05, 4.69) is 49.3 Å². The summed E-state index contributed by atoms with van der Waals surface area (Å²) < 4.78 is 0. The van der Waals surface area contributed by atoms with Crippen LogP contribution in [-0.2, 0) is 11.2 Å². The molecule has 1 amide bonds. The number of likely N-dealkylation sites (tertiary alicyclic amines) is 1. The zero-order valence-corrected chi connectivity index (χ0v) is 12.2. The number of amides is 1. The Morgan fingerprint density at radius 1 is 1.26 bits per heavy atom. The monoisotopic (exact) mass is 260 g/mol. The number of nitrogens with zero attached hydrogens (tertiary/aromatic N) is 1. The lowest BCUT2D eigenvalue weighted by molar-refractivity contribution is -0.121. The molecule has 0 radical (unpaired) electrons. The van der Waals surface area contributed by atoms with Crippen molar-refractivity contribution in [2.45, 2.75) is 39.2 Å². The number of piperidine rings is 1. The van der Waals surface area contributed by atoms with Gasteiger partial charge in [-0.25, -0.2) is 0 Å². The first-order valence-electron chi connectivity index (χ1n) is 7.08. The highest BCUT2D eigenvalue weighted by molar-refractivity contribution is 5.78. The van der Waals surface area contributed by atoms with Crippen molar-refractivity contribution >= 4 is 5.91 Å². The minimum absolute atomic E-state index is 0.151. The fraction of sp³-hybridized carbons (Fsp3) is 0.562. The van der Waals surface area contributed by atoms with Gasteiger partial charge in [0, 0.05) is 6.04 Å². The van der Waals surface area contributed by atoms with Crippen molar-refractivity contribution in [3.05, 3.63) is 34.9 Å². The molecule has 3 nitrogen and oxygen atoms in total.